The van der Waals surface area contributed by atoms with Gasteiger partial charge in [0.1, 0.15) is 0 Å². The molecule has 0 unspecified atom stereocenters. The van der Waals surface area contributed by atoms with E-state index in [-0.39, 0.29) is 0 Å². The summed E-state index contributed by atoms with van der Waals surface area (Å²) in [7, 11) is 1.72. The molecule has 3 rings (SSSR count). The molecular formula is C19H19N5. The Hall–Kier alpha value is -3.08. The molecule has 0 bridgehead atoms. The summed E-state index contributed by atoms with van der Waals surface area (Å²) in [6, 6.07) is 7.91. The van der Waals surface area contributed by atoms with Gasteiger partial charge < -0.3 is 5.73 Å². The lowest BCUT2D eigenvalue weighted by Gasteiger charge is -2.10. The number of pyridine rings is 3. The number of allylic oxidation sites excluding steroid dienone is 1. The quantitative estimate of drug-likeness (QED) is 0.753. The molecule has 0 radical (unpaired) electrons. The normalized spacial score (nSPS) is 12.6. The van der Waals surface area contributed by atoms with Crippen molar-refractivity contribution in [3.63, 3.8) is 0 Å². The SMILES string of the molecule is CN=CC(=C(N)c1cncc(C)c1)c1cnc2ccc(C)nc2c1. The predicted octanol–water partition coefficient (Wildman–Crippen LogP) is 3.17. The molecular weight excluding hydrogens is 298 g/mol. The molecule has 0 saturated carbocycles. The van der Waals surface area contributed by atoms with E-state index < -0.39 is 0 Å². The molecule has 3 aromatic rings. The van der Waals surface area contributed by atoms with Crippen LogP contribution in [0.4, 0.5) is 0 Å². The van der Waals surface area contributed by atoms with Gasteiger partial charge in [-0.15, -0.1) is 0 Å². The average Bonchev–Trinajstić information content (AvgIpc) is 2.58. The van der Waals surface area contributed by atoms with Gasteiger partial charge in [0, 0.05) is 59.9 Å². The van der Waals surface area contributed by atoms with Crippen molar-refractivity contribution in [3.8, 4) is 0 Å². The smallest absolute Gasteiger partial charge is 0.0896 e. The van der Waals surface area contributed by atoms with Crippen LogP contribution in [-0.2, 0) is 0 Å². The highest BCUT2D eigenvalue weighted by Crippen LogP contribution is 2.23. The van der Waals surface area contributed by atoms with Crippen molar-refractivity contribution in [3.05, 3.63) is 65.2 Å². The summed E-state index contributed by atoms with van der Waals surface area (Å²) in [4.78, 5) is 17.4. The third-order valence-electron chi connectivity index (χ3n) is 3.72. The molecule has 120 valence electrons. The molecule has 3 aromatic heterocycles. The van der Waals surface area contributed by atoms with Crippen molar-refractivity contribution >= 4 is 28.5 Å². The van der Waals surface area contributed by atoms with Gasteiger partial charge in [-0.2, -0.15) is 0 Å². The standard InChI is InChI=1S/C19H19N5/c1-12-6-15(9-22-8-12)19(20)16(11-21-3)14-7-18-17(23-10-14)5-4-13(2)24-18/h4-11H,20H2,1-3H3. The van der Waals surface area contributed by atoms with E-state index in [0.717, 1.165) is 39.0 Å². The van der Waals surface area contributed by atoms with E-state index in [1.165, 1.54) is 0 Å². The lowest BCUT2D eigenvalue weighted by atomic mass is 10.0. The molecule has 0 spiro atoms. The van der Waals surface area contributed by atoms with Crippen LogP contribution in [0.3, 0.4) is 0 Å². The van der Waals surface area contributed by atoms with Gasteiger partial charge in [0.15, 0.2) is 0 Å². The summed E-state index contributed by atoms with van der Waals surface area (Å²) in [5.74, 6) is 0. The fourth-order valence-electron chi connectivity index (χ4n) is 2.54. The van der Waals surface area contributed by atoms with Crippen LogP contribution in [0.1, 0.15) is 22.4 Å². The number of nitrogens with zero attached hydrogens (tertiary/aromatic N) is 4. The number of nitrogens with two attached hydrogens (primary N) is 1. The Balaban J connectivity index is 2.19. The van der Waals surface area contributed by atoms with E-state index in [0.29, 0.717) is 5.70 Å². The van der Waals surface area contributed by atoms with Crippen LogP contribution in [0, 0.1) is 13.8 Å². The van der Waals surface area contributed by atoms with E-state index >= 15 is 0 Å². The minimum absolute atomic E-state index is 0.616. The molecule has 3 heterocycles. The average molecular weight is 317 g/mol. The number of aryl methyl sites for hydroxylation is 2. The molecule has 5 heteroatoms. The summed E-state index contributed by atoms with van der Waals surface area (Å²) in [6.07, 6.45) is 7.10. The number of hydrogen-bond acceptors (Lipinski definition) is 5. The van der Waals surface area contributed by atoms with Crippen LogP contribution in [0.5, 0.6) is 0 Å². The van der Waals surface area contributed by atoms with Crippen LogP contribution >= 0.6 is 0 Å². The van der Waals surface area contributed by atoms with E-state index in [1.54, 1.807) is 31.9 Å². The third kappa shape index (κ3) is 3.15. The largest absolute Gasteiger partial charge is 0.398 e. The highest BCUT2D eigenvalue weighted by molar-refractivity contribution is 6.19. The van der Waals surface area contributed by atoms with Crippen molar-refractivity contribution in [1.82, 2.24) is 15.0 Å². The number of rotatable bonds is 3. The highest BCUT2D eigenvalue weighted by Gasteiger charge is 2.10. The van der Waals surface area contributed by atoms with Gasteiger partial charge in [0.05, 0.1) is 11.0 Å². The fourth-order valence-corrected chi connectivity index (χ4v) is 2.54. The maximum absolute atomic E-state index is 6.40. The van der Waals surface area contributed by atoms with E-state index in [2.05, 4.69) is 19.9 Å². The van der Waals surface area contributed by atoms with E-state index in [1.807, 2.05) is 38.1 Å². The molecule has 0 aliphatic heterocycles. The maximum Gasteiger partial charge on any atom is 0.0896 e. The van der Waals surface area contributed by atoms with Crippen LogP contribution < -0.4 is 5.73 Å². The minimum Gasteiger partial charge on any atom is -0.398 e. The highest BCUT2D eigenvalue weighted by atomic mass is 14.8. The Kier molecular flexibility index (Phi) is 4.33. The first-order chi connectivity index (χ1) is 11.6. The van der Waals surface area contributed by atoms with Gasteiger partial charge in [-0.1, -0.05) is 0 Å². The minimum atomic E-state index is 0.616. The molecule has 0 aromatic carbocycles. The zero-order chi connectivity index (χ0) is 17.1. The Bertz CT molecular complexity index is 957. The third-order valence-corrected chi connectivity index (χ3v) is 3.72. The number of fused-ring (bicyclic) bond motifs is 1. The van der Waals surface area contributed by atoms with Crippen LogP contribution in [-0.4, -0.2) is 28.2 Å². The van der Waals surface area contributed by atoms with Crippen LogP contribution in [0.15, 0.2) is 47.8 Å². The van der Waals surface area contributed by atoms with E-state index in [4.69, 9.17) is 5.73 Å². The predicted molar refractivity (Wildman–Crippen MR) is 98.7 cm³/mol. The van der Waals surface area contributed by atoms with Gasteiger partial charge in [0.25, 0.3) is 0 Å². The topological polar surface area (TPSA) is 77.0 Å². The molecule has 2 N–H and O–H groups in total. The van der Waals surface area contributed by atoms with Crippen molar-refractivity contribution < 1.29 is 0 Å². The van der Waals surface area contributed by atoms with E-state index in [9.17, 15) is 0 Å². The first kappa shape index (κ1) is 15.8. The van der Waals surface area contributed by atoms with Gasteiger partial charge in [-0.05, 0) is 43.7 Å². The molecule has 0 saturated heterocycles. The molecule has 24 heavy (non-hydrogen) atoms. The molecule has 0 atom stereocenters. The lowest BCUT2D eigenvalue weighted by molar-refractivity contribution is 1.23. The van der Waals surface area contributed by atoms with Gasteiger partial charge in [-0.3, -0.25) is 19.9 Å². The molecule has 5 nitrogen and oxygen atoms in total. The first-order valence-corrected chi connectivity index (χ1v) is 7.66. The van der Waals surface area contributed by atoms with Gasteiger partial charge in [0.2, 0.25) is 0 Å². The maximum atomic E-state index is 6.40. The number of aliphatic imine (C=N–C) groups is 1. The zero-order valence-electron chi connectivity index (χ0n) is 14.0. The Labute approximate surface area is 141 Å². The summed E-state index contributed by atoms with van der Waals surface area (Å²) in [6.45, 7) is 3.95. The van der Waals surface area contributed by atoms with Crippen LogP contribution in [0.2, 0.25) is 0 Å². The van der Waals surface area contributed by atoms with Crippen molar-refractivity contribution in [2.45, 2.75) is 13.8 Å². The second-order valence-corrected chi connectivity index (χ2v) is 5.68. The Morgan fingerprint density at radius 3 is 2.62 bits per heavy atom. The Morgan fingerprint density at radius 1 is 1.04 bits per heavy atom. The molecule has 0 aliphatic carbocycles. The first-order valence-electron chi connectivity index (χ1n) is 7.66. The molecule has 0 aliphatic rings. The summed E-state index contributed by atoms with van der Waals surface area (Å²) >= 11 is 0. The Morgan fingerprint density at radius 2 is 1.88 bits per heavy atom. The zero-order valence-corrected chi connectivity index (χ0v) is 14.0. The summed E-state index contributed by atoms with van der Waals surface area (Å²) in [5.41, 5.74) is 13.3. The van der Waals surface area contributed by atoms with Crippen molar-refractivity contribution in [2.24, 2.45) is 10.7 Å². The summed E-state index contributed by atoms with van der Waals surface area (Å²) < 4.78 is 0. The van der Waals surface area contributed by atoms with Gasteiger partial charge >= 0.3 is 0 Å². The van der Waals surface area contributed by atoms with Crippen LogP contribution in [0.25, 0.3) is 22.3 Å². The van der Waals surface area contributed by atoms with Gasteiger partial charge in [-0.25, -0.2) is 0 Å². The number of aromatic nitrogens is 3. The van der Waals surface area contributed by atoms with Crippen molar-refractivity contribution in [2.75, 3.05) is 7.05 Å². The fraction of sp³-hybridized carbons (Fsp3) is 0.158. The monoisotopic (exact) mass is 317 g/mol. The lowest BCUT2D eigenvalue weighted by Crippen LogP contribution is -2.04. The van der Waals surface area contributed by atoms with Crippen molar-refractivity contribution in [1.29, 1.82) is 0 Å². The second-order valence-electron chi connectivity index (χ2n) is 5.68. The molecule has 0 fully saturated rings. The second kappa shape index (κ2) is 6.58. The molecule has 0 amide bonds. The summed E-state index contributed by atoms with van der Waals surface area (Å²) in [5, 5.41) is 0. The number of hydrogen-bond donors (Lipinski definition) is 1.